The number of aliphatic hydroxyl groups is 1. The maximum absolute atomic E-state index is 13.1. The van der Waals surface area contributed by atoms with Crippen molar-refractivity contribution in [1.82, 2.24) is 9.80 Å². The molecule has 4 rings (SSSR count). The lowest BCUT2D eigenvalue weighted by Gasteiger charge is -2.55. The number of benzene rings is 1. The highest BCUT2D eigenvalue weighted by atomic mass is 16.5. The number of methoxy groups -OCH3 is 1. The minimum Gasteiger partial charge on any atom is -0.497 e. The molecular weight excluding hydrogens is 368 g/mol. The number of carbonyl (C=O) groups is 2. The number of likely N-dealkylation sites (tertiary alicyclic amines) is 2. The minimum absolute atomic E-state index is 0.00463. The van der Waals surface area contributed by atoms with Crippen LogP contribution in [0.2, 0.25) is 0 Å². The van der Waals surface area contributed by atoms with Gasteiger partial charge < -0.3 is 19.6 Å². The van der Waals surface area contributed by atoms with Crippen LogP contribution in [0.4, 0.5) is 0 Å². The van der Waals surface area contributed by atoms with E-state index in [9.17, 15) is 14.7 Å². The molecule has 2 aliphatic heterocycles. The first-order chi connectivity index (χ1) is 13.8. The van der Waals surface area contributed by atoms with Gasteiger partial charge in [0.2, 0.25) is 5.91 Å². The molecule has 6 heteroatoms. The van der Waals surface area contributed by atoms with Crippen molar-refractivity contribution in [3.8, 4) is 5.75 Å². The Labute approximate surface area is 172 Å². The molecule has 0 aromatic heterocycles. The first-order valence-corrected chi connectivity index (χ1v) is 10.6. The predicted octanol–water partition coefficient (Wildman–Crippen LogP) is 2.41. The number of amides is 2. The number of fused-ring (bicyclic) bond motifs is 1. The number of ether oxygens (including phenoxy) is 1. The maximum Gasteiger partial charge on any atom is 0.253 e. The highest BCUT2D eigenvalue weighted by molar-refractivity contribution is 5.94. The SMILES string of the molecule is COc1cccc(C(=O)N2CCC(C(=O)N3C[C@@H]4C(C)(C)C[C@]4(CO)C3)CC2)c1. The molecule has 1 saturated carbocycles. The molecule has 2 heterocycles. The standard InChI is InChI=1S/C23H32N2O4/c1-22(2)13-23(15-26)14-25(12-19(22)23)20(27)16-7-9-24(10-8-16)21(28)17-5-4-6-18(11-17)29-3/h4-6,11,16,19,26H,7-10,12-15H2,1-3H3/t19-,23-/m1/s1. The summed E-state index contributed by atoms with van der Waals surface area (Å²) >= 11 is 0. The van der Waals surface area contributed by atoms with Gasteiger partial charge in [0.15, 0.2) is 0 Å². The Bertz CT molecular complexity index is 800. The molecule has 1 N–H and O–H groups in total. The molecule has 0 spiro atoms. The summed E-state index contributed by atoms with van der Waals surface area (Å²) in [6.45, 7) is 7.28. The van der Waals surface area contributed by atoms with Crippen LogP contribution in [-0.4, -0.2) is 66.6 Å². The second kappa shape index (κ2) is 7.31. The van der Waals surface area contributed by atoms with Gasteiger partial charge in [0, 0.05) is 43.1 Å². The third-order valence-electron chi connectivity index (χ3n) is 7.47. The van der Waals surface area contributed by atoms with Crippen molar-refractivity contribution in [2.24, 2.45) is 22.7 Å². The van der Waals surface area contributed by atoms with E-state index >= 15 is 0 Å². The summed E-state index contributed by atoms with van der Waals surface area (Å²) < 4.78 is 5.21. The number of piperidine rings is 1. The van der Waals surface area contributed by atoms with Crippen LogP contribution in [0.3, 0.4) is 0 Å². The van der Waals surface area contributed by atoms with Gasteiger partial charge in [-0.25, -0.2) is 0 Å². The molecule has 0 radical (unpaired) electrons. The number of rotatable bonds is 4. The van der Waals surface area contributed by atoms with E-state index in [4.69, 9.17) is 4.74 Å². The first kappa shape index (κ1) is 20.2. The second-order valence-electron chi connectivity index (χ2n) is 9.76. The molecule has 6 nitrogen and oxygen atoms in total. The van der Waals surface area contributed by atoms with E-state index in [0.717, 1.165) is 13.0 Å². The maximum atomic E-state index is 13.1. The van der Waals surface area contributed by atoms with E-state index in [2.05, 4.69) is 13.8 Å². The number of hydrogen-bond acceptors (Lipinski definition) is 4. The molecule has 0 bridgehead atoms. The van der Waals surface area contributed by atoms with Gasteiger partial charge in [-0.15, -0.1) is 0 Å². The van der Waals surface area contributed by atoms with Crippen LogP contribution >= 0.6 is 0 Å². The second-order valence-corrected chi connectivity index (χ2v) is 9.76. The zero-order valence-corrected chi connectivity index (χ0v) is 17.7. The molecule has 2 atom stereocenters. The Balaban J connectivity index is 1.35. The Kier molecular flexibility index (Phi) is 5.09. The van der Waals surface area contributed by atoms with Gasteiger partial charge in [0.25, 0.3) is 5.91 Å². The Morgan fingerprint density at radius 1 is 1.21 bits per heavy atom. The molecule has 3 fully saturated rings. The van der Waals surface area contributed by atoms with Crippen LogP contribution in [0.5, 0.6) is 5.75 Å². The lowest BCUT2D eigenvalue weighted by molar-refractivity contribution is -0.136. The molecule has 3 aliphatic rings. The molecule has 0 unspecified atom stereocenters. The number of carbonyl (C=O) groups excluding carboxylic acids is 2. The normalized spacial score (nSPS) is 28.6. The summed E-state index contributed by atoms with van der Waals surface area (Å²) in [5, 5.41) is 9.94. The molecular formula is C23H32N2O4. The first-order valence-electron chi connectivity index (χ1n) is 10.6. The highest BCUT2D eigenvalue weighted by Crippen LogP contribution is 2.62. The molecule has 2 saturated heterocycles. The van der Waals surface area contributed by atoms with Crippen molar-refractivity contribution in [2.75, 3.05) is 39.9 Å². The van der Waals surface area contributed by atoms with Crippen LogP contribution in [0, 0.1) is 22.7 Å². The number of aliphatic hydroxyl groups excluding tert-OH is 1. The van der Waals surface area contributed by atoms with E-state index in [1.165, 1.54) is 0 Å². The monoisotopic (exact) mass is 400 g/mol. The zero-order chi connectivity index (χ0) is 20.8. The smallest absolute Gasteiger partial charge is 0.253 e. The molecule has 158 valence electrons. The van der Waals surface area contributed by atoms with Crippen molar-refractivity contribution in [1.29, 1.82) is 0 Å². The van der Waals surface area contributed by atoms with E-state index in [0.29, 0.717) is 49.7 Å². The fourth-order valence-electron chi connectivity index (χ4n) is 6.03. The van der Waals surface area contributed by atoms with Gasteiger partial charge in [-0.3, -0.25) is 9.59 Å². The van der Waals surface area contributed by atoms with E-state index in [1.807, 2.05) is 21.9 Å². The average Bonchev–Trinajstić information content (AvgIpc) is 3.08. The van der Waals surface area contributed by atoms with Crippen LogP contribution < -0.4 is 4.74 Å². The molecule has 1 aliphatic carbocycles. The van der Waals surface area contributed by atoms with Gasteiger partial charge in [-0.05, 0) is 48.8 Å². The number of nitrogens with zero attached hydrogens (tertiary/aromatic N) is 2. The molecule has 29 heavy (non-hydrogen) atoms. The summed E-state index contributed by atoms with van der Waals surface area (Å²) in [6, 6.07) is 7.21. The summed E-state index contributed by atoms with van der Waals surface area (Å²) in [4.78, 5) is 29.8. The average molecular weight is 401 g/mol. The lowest BCUT2D eigenvalue weighted by atomic mass is 9.48. The zero-order valence-electron chi connectivity index (χ0n) is 17.7. The van der Waals surface area contributed by atoms with Crippen LogP contribution in [-0.2, 0) is 4.79 Å². The van der Waals surface area contributed by atoms with Crippen LogP contribution in [0.25, 0.3) is 0 Å². The molecule has 1 aromatic carbocycles. The van der Waals surface area contributed by atoms with Gasteiger partial charge in [0.05, 0.1) is 13.7 Å². The van der Waals surface area contributed by atoms with Crippen molar-refractivity contribution < 1.29 is 19.4 Å². The van der Waals surface area contributed by atoms with E-state index in [-0.39, 0.29) is 35.2 Å². The topological polar surface area (TPSA) is 70.1 Å². The summed E-state index contributed by atoms with van der Waals surface area (Å²) in [6.07, 6.45) is 2.38. The Morgan fingerprint density at radius 2 is 1.93 bits per heavy atom. The highest BCUT2D eigenvalue weighted by Gasteiger charge is 2.63. The lowest BCUT2D eigenvalue weighted by Crippen LogP contribution is -2.54. The van der Waals surface area contributed by atoms with Crippen molar-refractivity contribution in [2.45, 2.75) is 33.1 Å². The van der Waals surface area contributed by atoms with Crippen molar-refractivity contribution in [3.05, 3.63) is 29.8 Å². The third kappa shape index (κ3) is 3.41. The van der Waals surface area contributed by atoms with Crippen LogP contribution in [0.15, 0.2) is 24.3 Å². The van der Waals surface area contributed by atoms with E-state index in [1.54, 1.807) is 19.2 Å². The summed E-state index contributed by atoms with van der Waals surface area (Å²) in [5.41, 5.74) is 0.726. The summed E-state index contributed by atoms with van der Waals surface area (Å²) in [7, 11) is 1.59. The molecule has 1 aromatic rings. The minimum atomic E-state index is -0.0950. The summed E-state index contributed by atoms with van der Waals surface area (Å²) in [5.74, 6) is 1.23. The van der Waals surface area contributed by atoms with Gasteiger partial charge in [0.1, 0.15) is 5.75 Å². The Morgan fingerprint density at radius 3 is 2.52 bits per heavy atom. The van der Waals surface area contributed by atoms with Crippen molar-refractivity contribution >= 4 is 11.8 Å². The third-order valence-corrected chi connectivity index (χ3v) is 7.47. The van der Waals surface area contributed by atoms with Gasteiger partial charge in [-0.1, -0.05) is 19.9 Å². The van der Waals surface area contributed by atoms with Gasteiger partial charge in [-0.2, -0.15) is 0 Å². The Hall–Kier alpha value is -2.08. The fourth-order valence-corrected chi connectivity index (χ4v) is 6.03. The van der Waals surface area contributed by atoms with Crippen molar-refractivity contribution in [3.63, 3.8) is 0 Å². The number of hydrogen-bond donors (Lipinski definition) is 1. The van der Waals surface area contributed by atoms with Gasteiger partial charge >= 0.3 is 0 Å². The predicted molar refractivity (Wildman–Crippen MR) is 110 cm³/mol. The fraction of sp³-hybridized carbons (Fsp3) is 0.652. The quantitative estimate of drug-likeness (QED) is 0.843. The van der Waals surface area contributed by atoms with E-state index < -0.39 is 0 Å². The molecule has 2 amide bonds. The largest absolute Gasteiger partial charge is 0.497 e. The van der Waals surface area contributed by atoms with Crippen LogP contribution in [0.1, 0.15) is 43.5 Å².